The highest BCUT2D eigenvalue weighted by Crippen LogP contribution is 2.27. The van der Waals surface area contributed by atoms with E-state index >= 15 is 0 Å². The number of pyridine rings is 1. The Labute approximate surface area is 182 Å². The Kier molecular flexibility index (Phi) is 5.08. The van der Waals surface area contributed by atoms with Gasteiger partial charge in [0.25, 0.3) is 0 Å². The third kappa shape index (κ3) is 4.12. The van der Waals surface area contributed by atoms with Crippen LogP contribution in [0.4, 0.5) is 0 Å². The summed E-state index contributed by atoms with van der Waals surface area (Å²) < 4.78 is 0. The van der Waals surface area contributed by atoms with E-state index in [1.807, 2.05) is 13.1 Å². The Morgan fingerprint density at radius 2 is 1.97 bits per heavy atom. The van der Waals surface area contributed by atoms with Crippen LogP contribution in [0.2, 0.25) is 0 Å². The molecule has 5 nitrogen and oxygen atoms in total. The molecule has 1 aromatic carbocycles. The first-order valence-corrected chi connectivity index (χ1v) is 10.5. The van der Waals surface area contributed by atoms with Crippen molar-refractivity contribution >= 4 is 5.70 Å². The van der Waals surface area contributed by atoms with Gasteiger partial charge in [-0.2, -0.15) is 0 Å². The van der Waals surface area contributed by atoms with E-state index in [9.17, 15) is 0 Å². The summed E-state index contributed by atoms with van der Waals surface area (Å²) in [5.74, 6) is 0. The van der Waals surface area contributed by atoms with Crippen LogP contribution in [0.15, 0.2) is 84.6 Å². The van der Waals surface area contributed by atoms with Crippen molar-refractivity contribution in [2.45, 2.75) is 20.4 Å². The topological polar surface area (TPSA) is 53.9 Å². The van der Waals surface area contributed by atoms with Gasteiger partial charge in [0, 0.05) is 50.1 Å². The van der Waals surface area contributed by atoms with Gasteiger partial charge in [0.05, 0.1) is 11.9 Å². The van der Waals surface area contributed by atoms with Crippen LogP contribution in [-0.2, 0) is 6.54 Å². The van der Waals surface area contributed by atoms with Crippen LogP contribution in [0.3, 0.4) is 0 Å². The van der Waals surface area contributed by atoms with Gasteiger partial charge in [-0.1, -0.05) is 18.2 Å². The molecule has 1 N–H and O–H groups in total. The second-order valence-corrected chi connectivity index (χ2v) is 8.12. The van der Waals surface area contributed by atoms with Gasteiger partial charge >= 0.3 is 0 Å². The van der Waals surface area contributed by atoms with Crippen molar-refractivity contribution in [3.63, 3.8) is 0 Å². The molecule has 0 amide bonds. The first-order chi connectivity index (χ1) is 15.2. The minimum atomic E-state index is 0.831. The number of dihydropyridines is 1. The summed E-state index contributed by atoms with van der Waals surface area (Å²) in [6.45, 7) is 6.87. The summed E-state index contributed by atoms with van der Waals surface area (Å²) in [4.78, 5) is 15.2. The van der Waals surface area contributed by atoms with Gasteiger partial charge in [0.2, 0.25) is 0 Å². The lowest BCUT2D eigenvalue weighted by Crippen LogP contribution is -2.31. The van der Waals surface area contributed by atoms with E-state index in [1.54, 1.807) is 18.6 Å². The maximum Gasteiger partial charge on any atom is 0.104 e. The van der Waals surface area contributed by atoms with E-state index in [0.29, 0.717) is 0 Å². The fraction of sp³-hybridized carbons (Fsp3) is 0.192. The number of allylic oxidation sites excluding steroid dienone is 3. The van der Waals surface area contributed by atoms with Gasteiger partial charge in [-0.25, -0.2) is 0 Å². The van der Waals surface area contributed by atoms with Crippen LogP contribution < -0.4 is 5.32 Å². The zero-order chi connectivity index (χ0) is 21.2. The highest BCUT2D eigenvalue weighted by molar-refractivity contribution is 5.69. The zero-order valence-electron chi connectivity index (χ0n) is 17.8. The van der Waals surface area contributed by atoms with Crippen LogP contribution in [-0.4, -0.2) is 32.9 Å². The summed E-state index contributed by atoms with van der Waals surface area (Å²) in [7, 11) is 0. The van der Waals surface area contributed by atoms with Gasteiger partial charge in [0.1, 0.15) is 5.69 Å². The molecule has 4 heterocycles. The smallest absolute Gasteiger partial charge is 0.104 e. The number of aryl methyl sites for hydroxylation is 2. The average molecular weight is 408 g/mol. The molecular formula is C26H25N5. The van der Waals surface area contributed by atoms with Crippen molar-refractivity contribution in [1.29, 1.82) is 0 Å². The number of benzene rings is 1. The minimum absolute atomic E-state index is 0.831. The summed E-state index contributed by atoms with van der Waals surface area (Å²) in [6, 6.07) is 11.0. The molecular weight excluding hydrogens is 382 g/mol. The molecule has 3 aromatic rings. The molecule has 0 atom stereocenters. The number of nitrogens with one attached hydrogen (secondary N) is 1. The second-order valence-electron chi connectivity index (χ2n) is 8.12. The molecule has 2 aliphatic rings. The van der Waals surface area contributed by atoms with E-state index in [-0.39, 0.29) is 0 Å². The normalized spacial score (nSPS) is 15.4. The zero-order valence-corrected chi connectivity index (χ0v) is 17.8. The molecule has 0 aliphatic carbocycles. The quantitative estimate of drug-likeness (QED) is 0.694. The van der Waals surface area contributed by atoms with Gasteiger partial charge in [-0.05, 0) is 71.5 Å². The Bertz CT molecular complexity index is 1210. The SMILES string of the molecule is Cc1cc(-c2ccc(CN3C=CC4=C(CNC(c5cnccn5)=C4)C3)cc2C)ccn1. The van der Waals surface area contributed by atoms with Gasteiger partial charge in [-0.3, -0.25) is 15.0 Å². The molecule has 0 saturated carbocycles. The van der Waals surface area contributed by atoms with E-state index in [4.69, 9.17) is 0 Å². The first-order valence-electron chi connectivity index (χ1n) is 10.5. The molecule has 0 unspecified atom stereocenters. The molecule has 31 heavy (non-hydrogen) atoms. The van der Waals surface area contributed by atoms with E-state index in [1.165, 1.54) is 33.4 Å². The highest BCUT2D eigenvalue weighted by atomic mass is 15.1. The second kappa shape index (κ2) is 8.19. The van der Waals surface area contributed by atoms with Gasteiger partial charge in [0.15, 0.2) is 0 Å². The van der Waals surface area contributed by atoms with Crippen molar-refractivity contribution < 1.29 is 0 Å². The van der Waals surface area contributed by atoms with E-state index in [0.717, 1.165) is 36.7 Å². The predicted octanol–water partition coefficient (Wildman–Crippen LogP) is 4.43. The van der Waals surface area contributed by atoms with Crippen LogP contribution in [0.5, 0.6) is 0 Å². The molecule has 0 saturated heterocycles. The molecule has 0 radical (unpaired) electrons. The molecule has 154 valence electrons. The summed E-state index contributed by atoms with van der Waals surface area (Å²) in [5.41, 5.74) is 10.7. The first kappa shape index (κ1) is 19.2. The van der Waals surface area contributed by atoms with Crippen LogP contribution >= 0.6 is 0 Å². The lowest BCUT2D eigenvalue weighted by atomic mass is 9.97. The molecule has 0 fully saturated rings. The molecule has 2 aromatic heterocycles. The molecule has 5 heteroatoms. The minimum Gasteiger partial charge on any atom is -0.379 e. The lowest BCUT2D eigenvalue weighted by Gasteiger charge is -2.30. The maximum absolute atomic E-state index is 4.40. The van der Waals surface area contributed by atoms with Crippen molar-refractivity contribution in [2.24, 2.45) is 0 Å². The van der Waals surface area contributed by atoms with Crippen LogP contribution in [0, 0.1) is 13.8 Å². The average Bonchev–Trinajstić information content (AvgIpc) is 2.79. The lowest BCUT2D eigenvalue weighted by molar-refractivity contribution is 0.390. The van der Waals surface area contributed by atoms with Crippen molar-refractivity contribution in [3.05, 3.63) is 107 Å². The number of nitrogens with zero attached hydrogens (tertiary/aromatic N) is 4. The number of aromatic nitrogens is 3. The maximum atomic E-state index is 4.40. The Balaban J connectivity index is 1.30. The molecule has 5 rings (SSSR count). The van der Waals surface area contributed by atoms with Gasteiger partial charge < -0.3 is 10.2 Å². The van der Waals surface area contributed by atoms with Crippen molar-refractivity contribution in [2.75, 3.05) is 13.1 Å². The van der Waals surface area contributed by atoms with Gasteiger partial charge in [-0.15, -0.1) is 0 Å². The van der Waals surface area contributed by atoms with E-state index in [2.05, 4.69) is 80.8 Å². The molecule has 2 aliphatic heterocycles. The summed E-state index contributed by atoms with van der Waals surface area (Å²) in [6.07, 6.45) is 13.7. The van der Waals surface area contributed by atoms with Crippen LogP contribution in [0.1, 0.15) is 22.5 Å². The van der Waals surface area contributed by atoms with Crippen molar-refractivity contribution in [1.82, 2.24) is 25.2 Å². The Morgan fingerprint density at radius 3 is 2.77 bits per heavy atom. The summed E-state index contributed by atoms with van der Waals surface area (Å²) >= 11 is 0. The fourth-order valence-electron chi connectivity index (χ4n) is 4.22. The number of hydrogen-bond acceptors (Lipinski definition) is 5. The number of hydrogen-bond donors (Lipinski definition) is 1. The third-order valence-electron chi connectivity index (χ3n) is 5.78. The summed E-state index contributed by atoms with van der Waals surface area (Å²) in [5, 5.41) is 3.49. The highest BCUT2D eigenvalue weighted by Gasteiger charge is 2.18. The molecule has 0 spiro atoms. The number of rotatable bonds is 4. The Hall–Kier alpha value is -3.73. The van der Waals surface area contributed by atoms with Crippen LogP contribution in [0.25, 0.3) is 16.8 Å². The monoisotopic (exact) mass is 407 g/mol. The van der Waals surface area contributed by atoms with E-state index < -0.39 is 0 Å². The standard InChI is InChI=1S/C26H25N5/c1-18-11-20(3-4-24(18)22-5-7-28-19(2)12-22)16-31-10-6-21-13-25(30-14-23(21)17-31)26-15-27-8-9-29-26/h3-13,15,30H,14,16-17H2,1-2H3. The van der Waals surface area contributed by atoms with Crippen molar-refractivity contribution in [3.8, 4) is 11.1 Å². The Morgan fingerprint density at radius 1 is 1.03 bits per heavy atom. The third-order valence-corrected chi connectivity index (χ3v) is 5.78. The largest absolute Gasteiger partial charge is 0.379 e. The fourth-order valence-corrected chi connectivity index (χ4v) is 4.22. The predicted molar refractivity (Wildman–Crippen MR) is 124 cm³/mol. The molecule has 0 bridgehead atoms.